The van der Waals surface area contributed by atoms with Gasteiger partial charge in [0.05, 0.1) is 22.2 Å². The average molecular weight is 543 g/mol. The van der Waals surface area contributed by atoms with Crippen molar-refractivity contribution >= 4 is 52.4 Å². The zero-order valence-electron chi connectivity index (χ0n) is 18.9. The van der Waals surface area contributed by atoms with Gasteiger partial charge < -0.3 is 10.6 Å². The molecular formula is C24H20Cl2N6O3S. The molecule has 9 nitrogen and oxygen atoms in total. The highest BCUT2D eigenvalue weighted by Gasteiger charge is 2.18. The molecule has 0 saturated heterocycles. The Kier molecular flexibility index (Phi) is 8.09. The van der Waals surface area contributed by atoms with Crippen LogP contribution in [-0.4, -0.2) is 25.7 Å². The summed E-state index contributed by atoms with van der Waals surface area (Å²) in [6.07, 6.45) is 0. The zero-order valence-corrected chi connectivity index (χ0v) is 21.3. The lowest BCUT2D eigenvalue weighted by Crippen LogP contribution is -2.29. The van der Waals surface area contributed by atoms with Crippen molar-refractivity contribution in [2.45, 2.75) is 24.4 Å². The molecule has 0 aliphatic carbocycles. The normalized spacial score (nSPS) is 10.8. The fraction of sp³-hybridized carbons (Fsp3) is 0.125. The number of hydrogen-bond acceptors (Lipinski definition) is 6. The quantitative estimate of drug-likeness (QED) is 0.151. The summed E-state index contributed by atoms with van der Waals surface area (Å²) in [5.74, 6) is 1.11. The number of nitro benzene ring substituents is 1. The van der Waals surface area contributed by atoms with E-state index in [1.54, 1.807) is 22.8 Å². The third kappa shape index (κ3) is 6.14. The zero-order chi connectivity index (χ0) is 25.7. The molecular weight excluding hydrogens is 523 g/mol. The number of non-ortho nitro benzene ring substituents is 1. The third-order valence-electron chi connectivity index (χ3n) is 5.21. The molecule has 36 heavy (non-hydrogen) atoms. The van der Waals surface area contributed by atoms with E-state index in [1.807, 2.05) is 25.1 Å². The highest BCUT2D eigenvalue weighted by molar-refractivity contribution is 7.98. The smallest absolute Gasteiger partial charge is 0.319 e. The summed E-state index contributed by atoms with van der Waals surface area (Å²) in [5.41, 5.74) is 3.27. The second kappa shape index (κ2) is 11.4. The minimum atomic E-state index is -0.510. The second-order valence-electron chi connectivity index (χ2n) is 7.66. The van der Waals surface area contributed by atoms with Gasteiger partial charge in [-0.05, 0) is 48.4 Å². The molecule has 0 aliphatic rings. The van der Waals surface area contributed by atoms with Gasteiger partial charge in [-0.3, -0.25) is 14.7 Å². The summed E-state index contributed by atoms with van der Waals surface area (Å²) in [6.45, 7) is 2.09. The minimum Gasteiger partial charge on any atom is -0.331 e. The Balaban J connectivity index is 1.53. The van der Waals surface area contributed by atoms with Gasteiger partial charge in [-0.25, -0.2) is 4.79 Å². The number of rotatable bonds is 8. The molecule has 0 spiro atoms. The van der Waals surface area contributed by atoms with Crippen molar-refractivity contribution in [2.24, 2.45) is 0 Å². The fourth-order valence-electron chi connectivity index (χ4n) is 3.32. The molecule has 0 unspecified atom stereocenters. The first-order valence-corrected chi connectivity index (χ1v) is 12.4. The summed E-state index contributed by atoms with van der Waals surface area (Å²) in [5, 5.41) is 26.3. The number of urea groups is 1. The van der Waals surface area contributed by atoms with Gasteiger partial charge in [-0.15, -0.1) is 10.2 Å². The molecule has 4 rings (SSSR count). The number of hydrogen-bond donors (Lipinski definition) is 2. The molecule has 0 radical (unpaired) electrons. The lowest BCUT2D eigenvalue weighted by Gasteiger charge is -2.13. The van der Waals surface area contributed by atoms with Crippen LogP contribution in [0.15, 0.2) is 71.9 Å². The number of carbonyl (C=O) groups excluding carboxylic acids is 1. The van der Waals surface area contributed by atoms with E-state index in [1.165, 1.54) is 41.6 Å². The standard InChI is InChI=1S/C24H20Cl2N6O3S/c1-15-4-2-3-5-16(15)14-36-24-30-29-22(31(24)21-12-17(25)6-11-20(21)26)13-27-23(33)28-18-7-9-19(10-8-18)32(34)35/h2-12H,13-14H2,1H3,(H2,27,28,33). The van der Waals surface area contributed by atoms with Crippen LogP contribution in [0.4, 0.5) is 16.2 Å². The van der Waals surface area contributed by atoms with Gasteiger partial charge in [0.1, 0.15) is 0 Å². The lowest BCUT2D eigenvalue weighted by atomic mass is 10.1. The number of nitrogens with one attached hydrogen (secondary N) is 2. The summed E-state index contributed by atoms with van der Waals surface area (Å²) in [7, 11) is 0. The molecule has 3 aromatic carbocycles. The number of anilines is 1. The van der Waals surface area contributed by atoms with Gasteiger partial charge >= 0.3 is 6.03 Å². The van der Waals surface area contributed by atoms with Crippen molar-refractivity contribution in [1.29, 1.82) is 0 Å². The van der Waals surface area contributed by atoms with Crippen LogP contribution in [0.3, 0.4) is 0 Å². The SMILES string of the molecule is Cc1ccccc1CSc1nnc(CNC(=O)Nc2ccc([N+](=O)[O-])cc2)n1-c1cc(Cl)ccc1Cl. The van der Waals surface area contributed by atoms with Crippen LogP contribution < -0.4 is 10.6 Å². The Morgan fingerprint density at radius 1 is 1.08 bits per heavy atom. The number of nitrogens with zero attached hydrogens (tertiary/aromatic N) is 4. The fourth-order valence-corrected chi connectivity index (χ4v) is 4.73. The third-order valence-corrected chi connectivity index (χ3v) is 6.74. The van der Waals surface area contributed by atoms with Gasteiger partial charge in [0.25, 0.3) is 5.69 Å². The van der Waals surface area contributed by atoms with Crippen molar-refractivity contribution in [2.75, 3.05) is 5.32 Å². The van der Waals surface area contributed by atoms with E-state index in [4.69, 9.17) is 23.2 Å². The first kappa shape index (κ1) is 25.5. The predicted octanol–water partition coefficient (Wildman–Crippen LogP) is 6.40. The van der Waals surface area contributed by atoms with Crippen molar-refractivity contribution < 1.29 is 9.72 Å². The molecule has 2 N–H and O–H groups in total. The van der Waals surface area contributed by atoms with Crippen LogP contribution in [0.2, 0.25) is 10.0 Å². The van der Waals surface area contributed by atoms with Gasteiger partial charge in [0.15, 0.2) is 11.0 Å². The molecule has 1 heterocycles. The topological polar surface area (TPSA) is 115 Å². The Labute approximate surface area is 221 Å². The first-order valence-electron chi connectivity index (χ1n) is 10.7. The molecule has 0 fully saturated rings. The Morgan fingerprint density at radius 3 is 2.56 bits per heavy atom. The number of nitro groups is 1. The van der Waals surface area contributed by atoms with E-state index < -0.39 is 11.0 Å². The summed E-state index contributed by atoms with van der Waals surface area (Å²) in [6, 6.07) is 18.2. The number of carbonyl (C=O) groups is 1. The molecule has 2 amide bonds. The Hall–Kier alpha value is -3.60. The highest BCUT2D eigenvalue weighted by atomic mass is 35.5. The summed E-state index contributed by atoms with van der Waals surface area (Å²) < 4.78 is 1.77. The number of halogens is 2. The van der Waals surface area contributed by atoms with Gasteiger partial charge in [0.2, 0.25) is 0 Å². The maximum Gasteiger partial charge on any atom is 0.319 e. The van der Waals surface area contributed by atoms with Crippen LogP contribution in [0.5, 0.6) is 0 Å². The number of thioether (sulfide) groups is 1. The van der Waals surface area contributed by atoms with E-state index in [9.17, 15) is 14.9 Å². The molecule has 0 aliphatic heterocycles. The summed E-state index contributed by atoms with van der Waals surface area (Å²) in [4.78, 5) is 22.8. The van der Waals surface area contributed by atoms with Crippen molar-refractivity contribution in [3.05, 3.63) is 104 Å². The van der Waals surface area contributed by atoms with Crippen LogP contribution in [0.25, 0.3) is 5.69 Å². The van der Waals surface area contributed by atoms with Crippen LogP contribution in [0, 0.1) is 17.0 Å². The van der Waals surface area contributed by atoms with E-state index in [-0.39, 0.29) is 12.2 Å². The molecule has 12 heteroatoms. The van der Waals surface area contributed by atoms with Crippen LogP contribution in [0.1, 0.15) is 17.0 Å². The van der Waals surface area contributed by atoms with E-state index in [2.05, 4.69) is 26.9 Å². The highest BCUT2D eigenvalue weighted by Crippen LogP contribution is 2.31. The second-order valence-corrected chi connectivity index (χ2v) is 9.44. The van der Waals surface area contributed by atoms with Crippen LogP contribution in [-0.2, 0) is 12.3 Å². The maximum absolute atomic E-state index is 12.5. The number of benzene rings is 3. The van der Waals surface area contributed by atoms with Gasteiger partial charge in [-0.1, -0.05) is 59.2 Å². The first-order chi connectivity index (χ1) is 17.3. The monoisotopic (exact) mass is 542 g/mol. The molecule has 4 aromatic rings. The Morgan fingerprint density at radius 2 is 1.83 bits per heavy atom. The van der Waals surface area contributed by atoms with Gasteiger partial charge in [-0.2, -0.15) is 0 Å². The molecule has 0 atom stereocenters. The number of aromatic nitrogens is 3. The number of aryl methyl sites for hydroxylation is 1. The van der Waals surface area contributed by atoms with Gasteiger partial charge in [0, 0.05) is 28.6 Å². The molecule has 184 valence electrons. The maximum atomic E-state index is 12.5. The molecule has 1 aromatic heterocycles. The molecule has 0 saturated carbocycles. The largest absolute Gasteiger partial charge is 0.331 e. The van der Waals surface area contributed by atoms with E-state index in [0.29, 0.717) is 38.2 Å². The summed E-state index contributed by atoms with van der Waals surface area (Å²) >= 11 is 14.2. The Bertz CT molecular complexity index is 1410. The predicted molar refractivity (Wildman–Crippen MR) is 141 cm³/mol. The average Bonchev–Trinajstić information content (AvgIpc) is 3.26. The molecule has 0 bridgehead atoms. The van der Waals surface area contributed by atoms with E-state index in [0.717, 1.165) is 5.56 Å². The minimum absolute atomic E-state index is 0.0413. The van der Waals surface area contributed by atoms with Crippen molar-refractivity contribution in [3.8, 4) is 5.69 Å². The van der Waals surface area contributed by atoms with Crippen molar-refractivity contribution in [1.82, 2.24) is 20.1 Å². The van der Waals surface area contributed by atoms with E-state index >= 15 is 0 Å². The number of amides is 2. The lowest BCUT2D eigenvalue weighted by molar-refractivity contribution is -0.384. The van der Waals surface area contributed by atoms with Crippen molar-refractivity contribution in [3.63, 3.8) is 0 Å². The van der Waals surface area contributed by atoms with Crippen LogP contribution >= 0.6 is 35.0 Å².